The second kappa shape index (κ2) is 7.38. The van der Waals surface area contributed by atoms with Crippen molar-refractivity contribution in [1.82, 2.24) is 20.1 Å². The molecule has 0 aliphatic heterocycles. The van der Waals surface area contributed by atoms with Gasteiger partial charge in [0.25, 0.3) is 0 Å². The van der Waals surface area contributed by atoms with Gasteiger partial charge in [-0.25, -0.2) is 0 Å². The summed E-state index contributed by atoms with van der Waals surface area (Å²) in [5.74, 6) is 0.772. The van der Waals surface area contributed by atoms with Crippen molar-refractivity contribution >= 4 is 17.7 Å². The first-order valence-corrected chi connectivity index (χ1v) is 6.99. The molecule has 0 amide bonds. The first-order chi connectivity index (χ1) is 8.56. The number of carbonyl (C=O) groups is 1. The summed E-state index contributed by atoms with van der Waals surface area (Å²) in [5, 5.41) is 20.9. The Morgan fingerprint density at radius 1 is 1.56 bits per heavy atom. The molecule has 0 aliphatic rings. The van der Waals surface area contributed by atoms with Crippen molar-refractivity contribution in [2.75, 3.05) is 12.3 Å². The molecule has 1 heterocycles. The van der Waals surface area contributed by atoms with E-state index in [4.69, 9.17) is 5.11 Å². The number of carboxylic acid groups (broad SMARTS) is 1. The average Bonchev–Trinajstić information content (AvgIpc) is 2.64. The van der Waals surface area contributed by atoms with Gasteiger partial charge in [0.1, 0.15) is 11.9 Å². The van der Waals surface area contributed by atoms with Gasteiger partial charge in [-0.15, -0.1) is 10.2 Å². The topological polar surface area (TPSA) is 80.0 Å². The number of carboxylic acids is 1. The van der Waals surface area contributed by atoms with E-state index in [0.717, 1.165) is 23.9 Å². The highest BCUT2D eigenvalue weighted by atomic mass is 32.2. The Kier molecular flexibility index (Phi) is 6.14. The van der Waals surface area contributed by atoms with E-state index in [2.05, 4.69) is 15.5 Å². The normalized spacial score (nSPS) is 12.6. The third-order valence-electron chi connectivity index (χ3n) is 2.63. The molecule has 1 aromatic rings. The Balaban J connectivity index is 2.39. The Hall–Kier alpha value is -1.08. The van der Waals surface area contributed by atoms with Crippen LogP contribution in [0.5, 0.6) is 0 Å². The molecule has 0 radical (unpaired) electrons. The van der Waals surface area contributed by atoms with Gasteiger partial charge in [-0.05, 0) is 26.3 Å². The molecule has 0 saturated carbocycles. The number of thioether (sulfide) groups is 1. The van der Waals surface area contributed by atoms with Crippen LogP contribution in [-0.2, 0) is 11.8 Å². The first-order valence-electron chi connectivity index (χ1n) is 6.01. The van der Waals surface area contributed by atoms with Gasteiger partial charge in [-0.2, -0.15) is 0 Å². The van der Waals surface area contributed by atoms with Crippen LogP contribution in [0.25, 0.3) is 0 Å². The predicted molar refractivity (Wildman–Crippen MR) is 70.8 cm³/mol. The maximum absolute atomic E-state index is 11.0. The summed E-state index contributed by atoms with van der Waals surface area (Å²) in [6, 6.07) is -0.480. The second-order valence-electron chi connectivity index (χ2n) is 4.07. The van der Waals surface area contributed by atoms with E-state index in [1.165, 1.54) is 11.8 Å². The van der Waals surface area contributed by atoms with Gasteiger partial charge in [-0.3, -0.25) is 4.79 Å². The van der Waals surface area contributed by atoms with E-state index in [1.54, 1.807) is 0 Å². The van der Waals surface area contributed by atoms with Crippen molar-refractivity contribution in [3.8, 4) is 0 Å². The lowest BCUT2D eigenvalue weighted by molar-refractivity contribution is -0.139. The van der Waals surface area contributed by atoms with E-state index in [9.17, 15) is 4.79 Å². The molecule has 0 aliphatic carbocycles. The lowest BCUT2D eigenvalue weighted by Crippen LogP contribution is -2.37. The number of nitrogens with one attached hydrogen (secondary N) is 1. The van der Waals surface area contributed by atoms with Gasteiger partial charge in [0.15, 0.2) is 5.16 Å². The SMILES string of the molecule is CCCNC(CCSc1nnc(C)n1C)C(=O)O. The van der Waals surface area contributed by atoms with Crippen LogP contribution < -0.4 is 5.32 Å². The van der Waals surface area contributed by atoms with Crippen molar-refractivity contribution in [2.45, 2.75) is 37.9 Å². The number of aromatic nitrogens is 3. The Morgan fingerprint density at radius 3 is 2.78 bits per heavy atom. The maximum atomic E-state index is 11.0. The minimum atomic E-state index is -0.793. The van der Waals surface area contributed by atoms with Gasteiger partial charge < -0.3 is 15.0 Å². The highest BCUT2D eigenvalue weighted by Crippen LogP contribution is 2.16. The molecule has 0 fully saturated rings. The highest BCUT2D eigenvalue weighted by molar-refractivity contribution is 7.99. The fraction of sp³-hybridized carbons (Fsp3) is 0.727. The first kappa shape index (κ1) is 15.0. The van der Waals surface area contributed by atoms with Gasteiger partial charge in [-0.1, -0.05) is 18.7 Å². The summed E-state index contributed by atoms with van der Waals surface area (Å²) in [7, 11) is 1.90. The molecule has 7 heteroatoms. The molecule has 0 saturated heterocycles. The lowest BCUT2D eigenvalue weighted by atomic mass is 10.2. The van der Waals surface area contributed by atoms with Gasteiger partial charge in [0.05, 0.1) is 0 Å². The number of hydrogen-bond donors (Lipinski definition) is 2. The van der Waals surface area contributed by atoms with Gasteiger partial charge in [0.2, 0.25) is 0 Å². The van der Waals surface area contributed by atoms with E-state index in [0.29, 0.717) is 12.2 Å². The van der Waals surface area contributed by atoms with Crippen LogP contribution in [0.4, 0.5) is 0 Å². The van der Waals surface area contributed by atoms with Crippen LogP contribution >= 0.6 is 11.8 Å². The van der Waals surface area contributed by atoms with Crippen LogP contribution in [0, 0.1) is 6.92 Å². The van der Waals surface area contributed by atoms with Crippen LogP contribution in [0.2, 0.25) is 0 Å². The standard InChI is InChI=1S/C11H20N4O2S/c1-4-6-12-9(10(16)17)5-7-18-11-14-13-8(2)15(11)3/h9,12H,4-7H2,1-3H3,(H,16,17). The minimum Gasteiger partial charge on any atom is -0.480 e. The van der Waals surface area contributed by atoms with Crippen molar-refractivity contribution in [2.24, 2.45) is 7.05 Å². The van der Waals surface area contributed by atoms with E-state index >= 15 is 0 Å². The molecule has 1 rings (SSSR count). The average molecular weight is 272 g/mol. The molecule has 102 valence electrons. The molecule has 1 atom stereocenters. The molecule has 0 aromatic carbocycles. The molecule has 0 bridgehead atoms. The number of rotatable bonds is 8. The van der Waals surface area contributed by atoms with Gasteiger partial charge in [0, 0.05) is 12.8 Å². The van der Waals surface area contributed by atoms with Crippen LogP contribution in [0.3, 0.4) is 0 Å². The summed E-state index contributed by atoms with van der Waals surface area (Å²) in [5.41, 5.74) is 0. The number of aliphatic carboxylic acids is 1. The molecule has 18 heavy (non-hydrogen) atoms. The summed E-state index contributed by atoms with van der Waals surface area (Å²) in [4.78, 5) is 11.0. The summed E-state index contributed by atoms with van der Waals surface area (Å²) < 4.78 is 1.90. The molecule has 1 aromatic heterocycles. The van der Waals surface area contributed by atoms with Crippen LogP contribution in [0.1, 0.15) is 25.6 Å². The van der Waals surface area contributed by atoms with Crippen LogP contribution in [0.15, 0.2) is 5.16 Å². The van der Waals surface area contributed by atoms with Crippen LogP contribution in [-0.4, -0.2) is 44.2 Å². The summed E-state index contributed by atoms with van der Waals surface area (Å²) in [6.07, 6.45) is 1.51. The van der Waals surface area contributed by atoms with Crippen molar-refractivity contribution in [3.63, 3.8) is 0 Å². The molecule has 1 unspecified atom stereocenters. The largest absolute Gasteiger partial charge is 0.480 e. The van der Waals surface area contributed by atoms with Crippen molar-refractivity contribution < 1.29 is 9.90 Å². The Bertz CT molecular complexity index is 394. The van der Waals surface area contributed by atoms with E-state index in [1.807, 2.05) is 25.5 Å². The Morgan fingerprint density at radius 2 is 2.28 bits per heavy atom. The quantitative estimate of drug-likeness (QED) is 0.689. The smallest absolute Gasteiger partial charge is 0.320 e. The zero-order chi connectivity index (χ0) is 13.5. The van der Waals surface area contributed by atoms with Crippen molar-refractivity contribution in [1.29, 1.82) is 0 Å². The van der Waals surface area contributed by atoms with Crippen molar-refractivity contribution in [3.05, 3.63) is 5.82 Å². The summed E-state index contributed by atoms with van der Waals surface area (Å²) >= 11 is 1.53. The fourth-order valence-electron chi connectivity index (χ4n) is 1.41. The molecular weight excluding hydrogens is 252 g/mol. The molecule has 2 N–H and O–H groups in total. The monoisotopic (exact) mass is 272 g/mol. The zero-order valence-electron chi connectivity index (χ0n) is 11.0. The maximum Gasteiger partial charge on any atom is 0.320 e. The zero-order valence-corrected chi connectivity index (χ0v) is 11.8. The Labute approximate surface area is 111 Å². The second-order valence-corrected chi connectivity index (χ2v) is 5.13. The van der Waals surface area contributed by atoms with E-state index in [-0.39, 0.29) is 0 Å². The third-order valence-corrected chi connectivity index (χ3v) is 3.68. The number of hydrogen-bond acceptors (Lipinski definition) is 5. The molecular formula is C11H20N4O2S. The predicted octanol–water partition coefficient (Wildman–Crippen LogP) is 1.06. The number of aryl methyl sites for hydroxylation is 1. The molecule has 6 nitrogen and oxygen atoms in total. The summed E-state index contributed by atoms with van der Waals surface area (Å²) in [6.45, 7) is 4.63. The highest BCUT2D eigenvalue weighted by Gasteiger charge is 2.16. The lowest BCUT2D eigenvalue weighted by Gasteiger charge is -2.13. The third kappa shape index (κ3) is 4.30. The number of nitrogens with zero attached hydrogens (tertiary/aromatic N) is 3. The van der Waals surface area contributed by atoms with E-state index < -0.39 is 12.0 Å². The fourth-order valence-corrected chi connectivity index (χ4v) is 2.37. The van der Waals surface area contributed by atoms with Gasteiger partial charge >= 0.3 is 5.97 Å². The molecule has 0 spiro atoms. The minimum absolute atomic E-state index is 0.480.